The molecule has 0 aliphatic carbocycles. The van der Waals surface area contributed by atoms with E-state index >= 15 is 0 Å². The van der Waals surface area contributed by atoms with Crippen molar-refractivity contribution in [1.29, 1.82) is 0 Å². The first-order chi connectivity index (χ1) is 12.8. The number of carbonyl (C=O) groups excluding carboxylic acids is 1. The molecule has 1 aliphatic rings. The van der Waals surface area contributed by atoms with Crippen LogP contribution in [0.1, 0.15) is 20.8 Å². The molecule has 0 saturated carbocycles. The lowest BCUT2D eigenvalue weighted by atomic mass is 10.2. The quantitative estimate of drug-likeness (QED) is 0.494. The number of pyridine rings is 1. The van der Waals surface area contributed by atoms with Crippen LogP contribution in [0.15, 0.2) is 78.6 Å². The van der Waals surface area contributed by atoms with Gasteiger partial charge in [0.1, 0.15) is 0 Å². The number of aromatic nitrogens is 1. The topological polar surface area (TPSA) is 33.4 Å². The molecule has 3 aromatic rings. The van der Waals surface area contributed by atoms with Gasteiger partial charge >= 0.3 is 0 Å². The van der Waals surface area contributed by atoms with Crippen LogP contribution in [0.5, 0.6) is 0 Å². The van der Waals surface area contributed by atoms with Crippen molar-refractivity contribution >= 4 is 22.9 Å². The fourth-order valence-corrected chi connectivity index (χ4v) is 3.56. The Labute approximate surface area is 156 Å². The molecule has 4 nitrogen and oxygen atoms in total. The van der Waals surface area contributed by atoms with Crippen molar-refractivity contribution in [2.75, 3.05) is 6.73 Å². The molecule has 0 amide bonds. The number of thiophene rings is 1. The lowest BCUT2D eigenvalue weighted by molar-refractivity contribution is -0.683. The Morgan fingerprint density at radius 2 is 2.00 bits per heavy atom. The summed E-state index contributed by atoms with van der Waals surface area (Å²) in [5, 5.41) is 1.92. The Bertz CT molecular complexity index is 920. The molecule has 0 radical (unpaired) electrons. The fourth-order valence-electron chi connectivity index (χ4n) is 2.91. The zero-order valence-electron chi connectivity index (χ0n) is 14.2. The summed E-state index contributed by atoms with van der Waals surface area (Å²) in [5.41, 5.74) is 2.22. The van der Waals surface area contributed by atoms with Gasteiger partial charge in [-0.05, 0) is 23.1 Å². The van der Waals surface area contributed by atoms with Gasteiger partial charge in [0.2, 0.25) is 12.3 Å². The molecule has 0 N–H and O–H groups in total. The van der Waals surface area contributed by atoms with Crippen LogP contribution in [0, 0.1) is 0 Å². The van der Waals surface area contributed by atoms with E-state index in [9.17, 15) is 4.79 Å². The highest BCUT2D eigenvalue weighted by atomic mass is 32.1. The summed E-state index contributed by atoms with van der Waals surface area (Å²) in [5.74, 6) is 0.952. The van der Waals surface area contributed by atoms with Crippen molar-refractivity contribution in [2.24, 2.45) is 0 Å². The zero-order chi connectivity index (χ0) is 17.8. The zero-order valence-corrected chi connectivity index (χ0v) is 15.1. The van der Waals surface area contributed by atoms with Crippen molar-refractivity contribution in [3.8, 4) is 0 Å². The van der Waals surface area contributed by atoms with Crippen molar-refractivity contribution < 1.29 is 14.1 Å². The summed E-state index contributed by atoms with van der Waals surface area (Å²) >= 11 is 1.48. The maximum Gasteiger partial charge on any atom is 0.237 e. The number of ether oxygens (including phenoxy) is 1. The van der Waals surface area contributed by atoms with Crippen molar-refractivity contribution in [3.05, 3.63) is 94.6 Å². The summed E-state index contributed by atoms with van der Waals surface area (Å²) in [6.45, 7) is 1.68. The first kappa shape index (κ1) is 16.5. The van der Waals surface area contributed by atoms with E-state index in [0.29, 0.717) is 13.3 Å². The largest absolute Gasteiger partial charge is 0.471 e. The number of benzene rings is 1. The number of hydrogen-bond acceptors (Lipinski definition) is 4. The van der Waals surface area contributed by atoms with Gasteiger partial charge in [0, 0.05) is 18.8 Å². The Morgan fingerprint density at radius 3 is 2.81 bits per heavy atom. The third-order valence-corrected chi connectivity index (χ3v) is 5.09. The van der Waals surface area contributed by atoms with Gasteiger partial charge in [0.05, 0.1) is 10.4 Å². The number of Topliss-reactive ketones (excluding diaryl/α,β-unsaturated/α-hetero) is 1. The minimum atomic E-state index is 0.120. The van der Waals surface area contributed by atoms with Crippen LogP contribution < -0.4 is 4.57 Å². The van der Waals surface area contributed by atoms with Gasteiger partial charge in [-0.15, -0.1) is 11.3 Å². The molecule has 3 heterocycles. The molecule has 0 saturated heterocycles. The first-order valence-corrected chi connectivity index (χ1v) is 9.35. The van der Waals surface area contributed by atoms with E-state index in [1.54, 1.807) is 0 Å². The van der Waals surface area contributed by atoms with E-state index < -0.39 is 0 Å². The van der Waals surface area contributed by atoms with Crippen LogP contribution in [0.3, 0.4) is 0 Å². The maximum absolute atomic E-state index is 12.3. The standard InChI is InChI=1S/C21H19N2O2S/c24-19(21-9-5-11-26-21)14-22-10-4-8-18(13-22)20-15-23(16-25-20)12-17-6-2-1-3-7-17/h1-11,13,15H,12,14,16H2/q+1. The van der Waals surface area contributed by atoms with Gasteiger partial charge in [-0.3, -0.25) is 4.79 Å². The Morgan fingerprint density at radius 1 is 1.12 bits per heavy atom. The Kier molecular flexibility index (Phi) is 4.80. The number of ketones is 1. The van der Waals surface area contributed by atoms with Gasteiger partial charge < -0.3 is 9.64 Å². The summed E-state index contributed by atoms with van der Waals surface area (Å²) < 4.78 is 7.75. The third-order valence-electron chi connectivity index (χ3n) is 4.18. The Balaban J connectivity index is 1.46. The van der Waals surface area contributed by atoms with E-state index in [2.05, 4.69) is 17.0 Å². The molecule has 1 aliphatic heterocycles. The third kappa shape index (κ3) is 3.83. The second-order valence-electron chi connectivity index (χ2n) is 6.16. The molecule has 5 heteroatoms. The molecule has 0 fully saturated rings. The van der Waals surface area contributed by atoms with Crippen LogP contribution in [0.2, 0.25) is 0 Å². The van der Waals surface area contributed by atoms with Crippen LogP contribution in [0.4, 0.5) is 0 Å². The molecular weight excluding hydrogens is 344 g/mol. The highest BCUT2D eigenvalue weighted by molar-refractivity contribution is 7.12. The molecule has 130 valence electrons. The molecular formula is C21H19N2O2S+. The van der Waals surface area contributed by atoms with E-state index in [1.807, 2.05) is 71.0 Å². The monoisotopic (exact) mass is 363 g/mol. The van der Waals surface area contributed by atoms with Crippen molar-refractivity contribution in [2.45, 2.75) is 13.1 Å². The maximum atomic E-state index is 12.3. The minimum Gasteiger partial charge on any atom is -0.471 e. The summed E-state index contributed by atoms with van der Waals surface area (Å²) in [7, 11) is 0. The van der Waals surface area contributed by atoms with E-state index in [0.717, 1.165) is 22.7 Å². The number of nitrogens with zero attached hydrogens (tertiary/aromatic N) is 2. The number of hydrogen-bond donors (Lipinski definition) is 0. The summed E-state index contributed by atoms with van der Waals surface area (Å²) in [6.07, 6.45) is 5.91. The molecule has 1 aromatic carbocycles. The highest BCUT2D eigenvalue weighted by Gasteiger charge is 2.19. The molecule has 26 heavy (non-hydrogen) atoms. The highest BCUT2D eigenvalue weighted by Crippen LogP contribution is 2.22. The van der Waals surface area contributed by atoms with Crippen LogP contribution in [-0.4, -0.2) is 17.4 Å². The van der Waals surface area contributed by atoms with Gasteiger partial charge in [0.25, 0.3) is 0 Å². The number of carbonyl (C=O) groups is 1. The van der Waals surface area contributed by atoms with Crippen LogP contribution in [-0.2, 0) is 17.8 Å². The summed E-state index contributed by atoms with van der Waals surface area (Å²) in [4.78, 5) is 15.2. The SMILES string of the molecule is O=C(C[n+]1cccc(C2=CN(Cc3ccccc3)CO2)c1)c1cccs1. The average Bonchev–Trinajstić information content (AvgIpc) is 3.35. The van der Waals surface area contributed by atoms with Crippen molar-refractivity contribution in [3.63, 3.8) is 0 Å². The lowest BCUT2D eigenvalue weighted by Gasteiger charge is -2.12. The number of rotatable bonds is 6. The van der Waals surface area contributed by atoms with E-state index in [4.69, 9.17) is 4.74 Å². The Hall–Kier alpha value is -2.92. The van der Waals surface area contributed by atoms with E-state index in [-0.39, 0.29) is 5.78 Å². The van der Waals surface area contributed by atoms with Crippen LogP contribution >= 0.6 is 11.3 Å². The molecule has 0 atom stereocenters. The second-order valence-corrected chi connectivity index (χ2v) is 7.11. The minimum absolute atomic E-state index is 0.120. The van der Waals surface area contributed by atoms with Crippen molar-refractivity contribution in [1.82, 2.24) is 4.90 Å². The van der Waals surface area contributed by atoms with Gasteiger partial charge in [-0.25, -0.2) is 0 Å². The smallest absolute Gasteiger partial charge is 0.237 e. The van der Waals surface area contributed by atoms with Crippen LogP contribution in [0.25, 0.3) is 5.76 Å². The fraction of sp³-hybridized carbons (Fsp3) is 0.143. The normalized spacial score (nSPS) is 13.4. The lowest BCUT2D eigenvalue weighted by Crippen LogP contribution is -2.37. The predicted octanol–water partition coefficient (Wildman–Crippen LogP) is 3.71. The van der Waals surface area contributed by atoms with Gasteiger partial charge in [0.15, 0.2) is 24.9 Å². The molecule has 2 aromatic heterocycles. The first-order valence-electron chi connectivity index (χ1n) is 8.47. The van der Waals surface area contributed by atoms with Gasteiger partial charge in [-0.2, -0.15) is 4.57 Å². The molecule has 0 spiro atoms. The molecule has 0 unspecified atom stereocenters. The summed E-state index contributed by atoms with van der Waals surface area (Å²) in [6, 6.07) is 18.0. The van der Waals surface area contributed by atoms with Gasteiger partial charge in [-0.1, -0.05) is 36.4 Å². The second kappa shape index (κ2) is 7.54. The van der Waals surface area contributed by atoms with E-state index in [1.165, 1.54) is 16.9 Å². The predicted molar refractivity (Wildman–Crippen MR) is 101 cm³/mol. The molecule has 4 rings (SSSR count). The average molecular weight is 363 g/mol. The molecule has 0 bridgehead atoms.